The highest BCUT2D eigenvalue weighted by molar-refractivity contribution is 4.96. The van der Waals surface area contributed by atoms with Crippen LogP contribution in [0.1, 0.15) is 71.1 Å². The summed E-state index contributed by atoms with van der Waals surface area (Å²) < 4.78 is 0. The number of allylic oxidation sites excluding steroid dienone is 6. The Hall–Kier alpha value is -0.780. The van der Waals surface area contributed by atoms with E-state index in [0.717, 1.165) is 25.7 Å². The second kappa shape index (κ2) is 16.2. The summed E-state index contributed by atoms with van der Waals surface area (Å²) in [6.45, 7) is 6.03. The molecule has 0 saturated carbocycles. The predicted molar refractivity (Wildman–Crippen MR) is 84.6 cm³/mol. The van der Waals surface area contributed by atoms with Gasteiger partial charge in [-0.25, -0.2) is 0 Å². The van der Waals surface area contributed by atoms with Gasteiger partial charge in [-0.05, 0) is 32.1 Å². The third kappa shape index (κ3) is 15.2. The molecule has 0 nitrogen and oxygen atoms in total. The van der Waals surface area contributed by atoms with Gasteiger partial charge in [0, 0.05) is 0 Å². The molecule has 0 amide bonds. The van der Waals surface area contributed by atoms with E-state index in [9.17, 15) is 0 Å². The van der Waals surface area contributed by atoms with Crippen molar-refractivity contribution >= 4 is 0 Å². The monoisotopic (exact) mass is 247 g/mol. The maximum atomic E-state index is 3.86. The third-order valence-electron chi connectivity index (χ3n) is 2.90. The molecule has 18 heavy (non-hydrogen) atoms. The Morgan fingerprint density at radius 3 is 1.89 bits per heavy atom. The Morgan fingerprint density at radius 2 is 1.22 bits per heavy atom. The van der Waals surface area contributed by atoms with Crippen molar-refractivity contribution in [2.24, 2.45) is 0 Å². The fourth-order valence-corrected chi connectivity index (χ4v) is 1.80. The quantitative estimate of drug-likeness (QED) is 0.276. The van der Waals surface area contributed by atoms with Crippen molar-refractivity contribution in [2.45, 2.75) is 71.1 Å². The van der Waals surface area contributed by atoms with Crippen LogP contribution in [-0.2, 0) is 0 Å². The summed E-state index contributed by atoms with van der Waals surface area (Å²) in [5, 5.41) is 0. The Labute approximate surface area is 115 Å². The highest BCUT2D eigenvalue weighted by Gasteiger charge is 1.87. The van der Waals surface area contributed by atoms with Gasteiger partial charge in [0.05, 0.1) is 0 Å². The normalized spacial score (nSPS) is 12.3. The molecule has 0 aliphatic rings. The summed E-state index contributed by atoms with van der Waals surface area (Å²) in [5.74, 6) is 0. The largest absolute Gasteiger partial charge is 0.0885 e. The third-order valence-corrected chi connectivity index (χ3v) is 2.90. The van der Waals surface area contributed by atoms with Crippen molar-refractivity contribution in [3.63, 3.8) is 0 Å². The molecule has 0 atom stereocenters. The van der Waals surface area contributed by atoms with Crippen LogP contribution in [0.5, 0.6) is 0 Å². The van der Waals surface area contributed by atoms with Crippen LogP contribution in [0, 0.1) is 6.92 Å². The van der Waals surface area contributed by atoms with Gasteiger partial charge in [-0.3, -0.25) is 0 Å². The lowest BCUT2D eigenvalue weighted by Crippen LogP contribution is -1.77. The first-order valence-electron chi connectivity index (χ1n) is 7.66. The van der Waals surface area contributed by atoms with E-state index < -0.39 is 0 Å². The second-order valence-electron chi connectivity index (χ2n) is 4.70. The fraction of sp³-hybridized carbons (Fsp3) is 0.611. The van der Waals surface area contributed by atoms with Crippen LogP contribution in [0.2, 0.25) is 0 Å². The molecule has 0 rings (SSSR count). The van der Waals surface area contributed by atoms with Crippen molar-refractivity contribution in [1.82, 2.24) is 0 Å². The zero-order valence-electron chi connectivity index (χ0n) is 12.2. The van der Waals surface area contributed by atoms with Gasteiger partial charge in [-0.1, -0.05) is 82.4 Å². The first kappa shape index (κ1) is 17.2. The second-order valence-corrected chi connectivity index (χ2v) is 4.70. The summed E-state index contributed by atoms with van der Waals surface area (Å²) >= 11 is 0. The summed E-state index contributed by atoms with van der Waals surface area (Å²) in [7, 11) is 0. The Balaban J connectivity index is 3.20. The predicted octanol–water partition coefficient (Wildman–Crippen LogP) is 6.41. The lowest BCUT2D eigenvalue weighted by molar-refractivity contribution is 0.621. The molecule has 0 heteroatoms. The van der Waals surface area contributed by atoms with Crippen LogP contribution in [0.4, 0.5) is 0 Å². The van der Waals surface area contributed by atoms with Gasteiger partial charge in [0.1, 0.15) is 0 Å². The van der Waals surface area contributed by atoms with Gasteiger partial charge in [0.15, 0.2) is 0 Å². The Kier molecular flexibility index (Phi) is 15.5. The van der Waals surface area contributed by atoms with Crippen LogP contribution in [0.3, 0.4) is 0 Å². The average molecular weight is 247 g/mol. The lowest BCUT2D eigenvalue weighted by Gasteiger charge is -1.97. The summed E-state index contributed by atoms with van der Waals surface area (Å²) in [5.41, 5.74) is 0. The molecule has 0 unspecified atom stereocenters. The lowest BCUT2D eigenvalue weighted by atomic mass is 10.1. The van der Waals surface area contributed by atoms with E-state index in [4.69, 9.17) is 0 Å². The first-order chi connectivity index (χ1) is 8.91. The minimum Gasteiger partial charge on any atom is -0.0885 e. The molecule has 0 aliphatic carbocycles. The summed E-state index contributed by atoms with van der Waals surface area (Å²) in [6.07, 6.45) is 26.0. The molecule has 0 aromatic heterocycles. The van der Waals surface area contributed by atoms with Crippen molar-refractivity contribution in [1.29, 1.82) is 0 Å². The van der Waals surface area contributed by atoms with E-state index in [1.807, 2.05) is 0 Å². The van der Waals surface area contributed by atoms with Crippen LogP contribution >= 0.6 is 0 Å². The number of hydrogen-bond acceptors (Lipinski definition) is 0. The van der Waals surface area contributed by atoms with Gasteiger partial charge < -0.3 is 0 Å². The van der Waals surface area contributed by atoms with Crippen molar-refractivity contribution in [2.75, 3.05) is 0 Å². The molecule has 103 valence electrons. The number of rotatable bonds is 12. The topological polar surface area (TPSA) is 0 Å². The average Bonchev–Trinajstić information content (AvgIpc) is 2.39. The highest BCUT2D eigenvalue weighted by Crippen LogP contribution is 2.07. The molecule has 0 aromatic carbocycles. The highest BCUT2D eigenvalue weighted by atomic mass is 13.9. The molecular weight excluding hydrogens is 216 g/mol. The van der Waals surface area contributed by atoms with Crippen molar-refractivity contribution < 1.29 is 0 Å². The molecule has 0 saturated heterocycles. The zero-order valence-corrected chi connectivity index (χ0v) is 12.2. The van der Waals surface area contributed by atoms with Crippen molar-refractivity contribution in [3.05, 3.63) is 43.4 Å². The maximum absolute atomic E-state index is 3.86. The Morgan fingerprint density at radius 1 is 0.667 bits per heavy atom. The molecule has 0 N–H and O–H groups in total. The standard InChI is InChI=1S/C18H31/c1-3-5-7-9-11-13-15-17-18-16-14-12-10-8-6-4-2/h6,8,12,14,17-18H,1,3-5,7,9-11,13,15-16H2,2H3/b8-6-,14-12-,18-17-. The van der Waals surface area contributed by atoms with Crippen LogP contribution in [0.15, 0.2) is 36.5 Å². The van der Waals surface area contributed by atoms with Crippen LogP contribution in [0.25, 0.3) is 0 Å². The van der Waals surface area contributed by atoms with E-state index in [1.54, 1.807) is 0 Å². The summed E-state index contributed by atoms with van der Waals surface area (Å²) in [4.78, 5) is 0. The van der Waals surface area contributed by atoms with Crippen LogP contribution in [-0.4, -0.2) is 0 Å². The van der Waals surface area contributed by atoms with E-state index >= 15 is 0 Å². The maximum Gasteiger partial charge on any atom is -0.0169 e. The van der Waals surface area contributed by atoms with E-state index in [0.29, 0.717) is 0 Å². The van der Waals surface area contributed by atoms with Crippen LogP contribution < -0.4 is 0 Å². The number of hydrogen-bond donors (Lipinski definition) is 0. The summed E-state index contributed by atoms with van der Waals surface area (Å²) in [6, 6.07) is 0. The molecule has 0 aromatic rings. The smallest absolute Gasteiger partial charge is 0.0169 e. The van der Waals surface area contributed by atoms with E-state index in [1.165, 1.54) is 38.5 Å². The van der Waals surface area contributed by atoms with Gasteiger partial charge >= 0.3 is 0 Å². The molecule has 0 bridgehead atoms. The molecule has 1 radical (unpaired) electrons. The van der Waals surface area contributed by atoms with E-state index in [2.05, 4.69) is 50.3 Å². The molecule has 0 heterocycles. The molecule has 0 spiro atoms. The minimum atomic E-state index is 1.08. The Bertz CT molecular complexity index is 220. The SMILES string of the molecule is [CH2]CCCCCCC/C=C\C/C=C\C/C=C\CC. The molecule has 0 fully saturated rings. The van der Waals surface area contributed by atoms with Gasteiger partial charge in [0.2, 0.25) is 0 Å². The van der Waals surface area contributed by atoms with E-state index in [-0.39, 0.29) is 0 Å². The van der Waals surface area contributed by atoms with Gasteiger partial charge in [-0.15, -0.1) is 0 Å². The minimum absolute atomic E-state index is 1.08. The fourth-order valence-electron chi connectivity index (χ4n) is 1.80. The van der Waals surface area contributed by atoms with Gasteiger partial charge in [0.25, 0.3) is 0 Å². The molecular formula is C18H31. The first-order valence-corrected chi connectivity index (χ1v) is 7.66. The number of unbranched alkanes of at least 4 members (excludes halogenated alkanes) is 6. The van der Waals surface area contributed by atoms with Gasteiger partial charge in [-0.2, -0.15) is 0 Å². The van der Waals surface area contributed by atoms with Crippen molar-refractivity contribution in [3.8, 4) is 0 Å². The molecule has 0 aliphatic heterocycles. The zero-order chi connectivity index (χ0) is 13.3.